The predicted molar refractivity (Wildman–Crippen MR) is 175 cm³/mol. The van der Waals surface area contributed by atoms with Crippen molar-refractivity contribution in [3.63, 3.8) is 0 Å². The van der Waals surface area contributed by atoms with Crippen LogP contribution in [0.5, 0.6) is 0 Å². The standard InChI is InChI=1S/C32H55NO24/c1-7-14(38)17(41)22(46)30(49-7)55-25-12(6-36)53-29(54-24-11(5-35)51-28(48)21(45)20(24)44)13(33-9(3)37)26(25)56-32-27(19(43)16(40)10(4-34)52-32)57-31-23(47)18(42)15(39)8(2)50-31/h7-8,10-32,34-36,38-48H,4-6H2,1-3H3,(H,33,37)/t7-,8-,10+,11+,12+,13+,14+,15+,16-,17+,18+,19-,20+,21+,22-,23-,24-,25+,26+,27+,28?,29-,30-,31-,32-/m0/s1. The van der Waals surface area contributed by atoms with Crippen molar-refractivity contribution < 1.29 is 119 Å². The molecule has 57 heavy (non-hydrogen) atoms. The largest absolute Gasteiger partial charge is 0.394 e. The fourth-order valence-corrected chi connectivity index (χ4v) is 7.30. The molecule has 5 aliphatic rings. The maximum Gasteiger partial charge on any atom is 0.217 e. The molecule has 25 atom stereocenters. The van der Waals surface area contributed by atoms with Gasteiger partial charge in [-0.15, -0.1) is 0 Å². The number of hydrogen-bond donors (Lipinski definition) is 15. The average Bonchev–Trinajstić information content (AvgIpc) is 3.18. The van der Waals surface area contributed by atoms with E-state index < -0.39 is 179 Å². The summed E-state index contributed by atoms with van der Waals surface area (Å²) in [5, 5.41) is 150. The second-order valence-electron chi connectivity index (χ2n) is 14.7. The van der Waals surface area contributed by atoms with Gasteiger partial charge in [-0.05, 0) is 13.8 Å². The summed E-state index contributed by atoms with van der Waals surface area (Å²) in [4.78, 5) is 12.8. The number of rotatable bonds is 12. The van der Waals surface area contributed by atoms with E-state index in [1.165, 1.54) is 13.8 Å². The number of carbonyl (C=O) groups excluding carboxylic acids is 1. The van der Waals surface area contributed by atoms with E-state index in [1.807, 2.05) is 0 Å². The monoisotopic (exact) mass is 837 g/mol. The first-order valence-corrected chi connectivity index (χ1v) is 18.3. The van der Waals surface area contributed by atoms with E-state index in [1.54, 1.807) is 0 Å². The van der Waals surface area contributed by atoms with Crippen LogP contribution < -0.4 is 5.32 Å². The molecule has 332 valence electrons. The zero-order valence-corrected chi connectivity index (χ0v) is 30.9. The van der Waals surface area contributed by atoms with Gasteiger partial charge in [0, 0.05) is 6.92 Å². The van der Waals surface area contributed by atoms with Gasteiger partial charge in [0.2, 0.25) is 5.91 Å². The van der Waals surface area contributed by atoms with E-state index >= 15 is 0 Å². The van der Waals surface area contributed by atoms with Crippen LogP contribution in [0.15, 0.2) is 0 Å². The number of aliphatic hydroxyl groups excluding tert-OH is 14. The van der Waals surface area contributed by atoms with Crippen molar-refractivity contribution in [1.29, 1.82) is 0 Å². The smallest absolute Gasteiger partial charge is 0.217 e. The Morgan fingerprint density at radius 3 is 1.40 bits per heavy atom. The predicted octanol–water partition coefficient (Wildman–Crippen LogP) is -9.73. The lowest BCUT2D eigenvalue weighted by molar-refractivity contribution is -0.397. The van der Waals surface area contributed by atoms with Crippen LogP contribution in [0.1, 0.15) is 20.8 Å². The van der Waals surface area contributed by atoms with Crippen LogP contribution in [-0.4, -0.2) is 251 Å². The highest BCUT2D eigenvalue weighted by Crippen LogP contribution is 2.37. The molecule has 0 bridgehead atoms. The lowest BCUT2D eigenvalue weighted by Crippen LogP contribution is -2.71. The van der Waals surface area contributed by atoms with Crippen molar-refractivity contribution >= 4 is 5.91 Å². The first kappa shape index (κ1) is 46.6. The Kier molecular flexibility index (Phi) is 16.0. The highest BCUT2D eigenvalue weighted by molar-refractivity contribution is 5.73. The Balaban J connectivity index is 1.56. The van der Waals surface area contributed by atoms with Gasteiger partial charge in [0.25, 0.3) is 0 Å². The van der Waals surface area contributed by atoms with E-state index in [-0.39, 0.29) is 0 Å². The molecule has 25 nitrogen and oxygen atoms in total. The third kappa shape index (κ3) is 9.71. The summed E-state index contributed by atoms with van der Waals surface area (Å²) in [6.07, 6.45) is -42.4. The molecule has 5 fully saturated rings. The number of ether oxygens (including phenoxy) is 9. The quantitative estimate of drug-likeness (QED) is 0.0867. The number of aliphatic hydroxyl groups is 14. The molecular formula is C32H55NO24. The molecule has 0 aromatic heterocycles. The third-order valence-electron chi connectivity index (χ3n) is 10.6. The van der Waals surface area contributed by atoms with E-state index in [4.69, 9.17) is 42.6 Å². The van der Waals surface area contributed by atoms with Gasteiger partial charge >= 0.3 is 0 Å². The summed E-state index contributed by atoms with van der Waals surface area (Å²) in [7, 11) is 0. The molecule has 15 N–H and O–H groups in total. The van der Waals surface area contributed by atoms with Crippen molar-refractivity contribution in [2.24, 2.45) is 0 Å². The molecule has 5 saturated heterocycles. The fourth-order valence-electron chi connectivity index (χ4n) is 7.30. The summed E-state index contributed by atoms with van der Waals surface area (Å²) < 4.78 is 52.2. The Morgan fingerprint density at radius 1 is 0.456 bits per heavy atom. The maximum atomic E-state index is 12.8. The first-order chi connectivity index (χ1) is 26.8. The zero-order chi connectivity index (χ0) is 42.2. The van der Waals surface area contributed by atoms with Crippen LogP contribution in [0, 0.1) is 0 Å². The fraction of sp³-hybridized carbons (Fsp3) is 0.969. The highest BCUT2D eigenvalue weighted by atomic mass is 16.8. The summed E-state index contributed by atoms with van der Waals surface area (Å²) in [6.45, 7) is 0.908. The molecule has 0 aromatic rings. The van der Waals surface area contributed by atoms with Crippen molar-refractivity contribution in [1.82, 2.24) is 5.32 Å². The average molecular weight is 838 g/mol. The first-order valence-electron chi connectivity index (χ1n) is 18.3. The van der Waals surface area contributed by atoms with Gasteiger partial charge in [0.15, 0.2) is 31.5 Å². The van der Waals surface area contributed by atoms with Crippen LogP contribution >= 0.6 is 0 Å². The normalized spacial score (nSPS) is 52.3. The Labute approximate surface area is 324 Å². The van der Waals surface area contributed by atoms with Crippen molar-refractivity contribution in [2.75, 3.05) is 19.8 Å². The lowest BCUT2D eigenvalue weighted by atomic mass is 9.93. The molecule has 1 unspecified atom stereocenters. The van der Waals surface area contributed by atoms with Crippen LogP contribution in [0.25, 0.3) is 0 Å². The number of amides is 1. The molecule has 0 radical (unpaired) electrons. The molecule has 5 rings (SSSR count). The van der Waals surface area contributed by atoms with E-state index in [2.05, 4.69) is 5.32 Å². The molecule has 5 heterocycles. The molecule has 0 spiro atoms. The van der Waals surface area contributed by atoms with Gasteiger partial charge in [0.1, 0.15) is 110 Å². The Morgan fingerprint density at radius 2 is 0.895 bits per heavy atom. The minimum Gasteiger partial charge on any atom is -0.394 e. The lowest BCUT2D eigenvalue weighted by Gasteiger charge is -2.52. The summed E-state index contributed by atoms with van der Waals surface area (Å²) in [5.41, 5.74) is 0. The molecule has 5 aliphatic heterocycles. The molecule has 1 amide bonds. The number of hydrogen-bond acceptors (Lipinski definition) is 24. The van der Waals surface area contributed by atoms with Gasteiger partial charge < -0.3 is 119 Å². The Hall–Kier alpha value is -1.45. The minimum atomic E-state index is -2.04. The highest BCUT2D eigenvalue weighted by Gasteiger charge is 2.58. The second kappa shape index (κ2) is 19.5. The van der Waals surface area contributed by atoms with E-state index in [0.717, 1.165) is 6.92 Å². The molecule has 0 aliphatic carbocycles. The number of nitrogens with one attached hydrogen (secondary N) is 1. The van der Waals surface area contributed by atoms with Crippen molar-refractivity contribution in [2.45, 2.75) is 174 Å². The number of carbonyl (C=O) groups is 1. The van der Waals surface area contributed by atoms with Crippen LogP contribution in [0.3, 0.4) is 0 Å². The molecule has 0 saturated carbocycles. The van der Waals surface area contributed by atoms with Gasteiger partial charge in [-0.3, -0.25) is 4.79 Å². The third-order valence-corrected chi connectivity index (χ3v) is 10.6. The zero-order valence-electron chi connectivity index (χ0n) is 30.9. The summed E-state index contributed by atoms with van der Waals surface area (Å²) >= 11 is 0. The summed E-state index contributed by atoms with van der Waals surface area (Å²) in [5.74, 6) is -0.816. The van der Waals surface area contributed by atoms with E-state index in [0.29, 0.717) is 0 Å². The van der Waals surface area contributed by atoms with Crippen LogP contribution in [-0.2, 0) is 47.4 Å². The Bertz CT molecular complexity index is 1290. The van der Waals surface area contributed by atoms with E-state index in [9.17, 15) is 76.3 Å². The van der Waals surface area contributed by atoms with Gasteiger partial charge in [-0.1, -0.05) is 0 Å². The molecule has 0 aromatic carbocycles. The SMILES string of the molecule is CC(=O)N[C@H]1[C@H](O[C@@H]2[C@H](O)[C@@H](O)C(O)O[C@@H]2CO)O[C@H](CO)[C@@H](O[C@@H]2O[C@@H](C)[C@@H](O)[C@@H](O)[C@@H]2O)[C@@H]1O[C@@H]1O[C@H](CO)[C@H](O)[C@H](O)[C@H]1O[C@@H]1O[C@@H](C)[C@@H](O)[C@@H](O)[C@@H]1O. The second-order valence-corrected chi connectivity index (χ2v) is 14.7. The maximum absolute atomic E-state index is 12.8. The van der Waals surface area contributed by atoms with Crippen molar-refractivity contribution in [3.8, 4) is 0 Å². The van der Waals surface area contributed by atoms with Crippen LogP contribution in [0.4, 0.5) is 0 Å². The van der Waals surface area contributed by atoms with Gasteiger partial charge in [0.05, 0.1) is 32.0 Å². The molecular weight excluding hydrogens is 782 g/mol. The molecule has 25 heteroatoms. The van der Waals surface area contributed by atoms with Crippen LogP contribution in [0.2, 0.25) is 0 Å². The van der Waals surface area contributed by atoms with Gasteiger partial charge in [-0.25, -0.2) is 0 Å². The van der Waals surface area contributed by atoms with Gasteiger partial charge in [-0.2, -0.15) is 0 Å². The summed E-state index contributed by atoms with van der Waals surface area (Å²) in [6, 6.07) is -1.71. The van der Waals surface area contributed by atoms with Crippen molar-refractivity contribution in [3.05, 3.63) is 0 Å². The minimum absolute atomic E-state index is 0.816. The topological polar surface area (TPSA) is 395 Å².